The summed E-state index contributed by atoms with van der Waals surface area (Å²) >= 11 is 0. The van der Waals surface area contributed by atoms with E-state index in [9.17, 15) is 14.4 Å². The standard InChI is InChI=1S/C13H15NO6/c15-7-11(16)14-10(13(19)20-8-12(17)18)6-9-4-2-1-3-5-9/h1-5,10,15H,6-8H2,(H,14,16)(H,17,18)/t10-/m0/s1. The Balaban J connectivity index is 2.71. The number of carboxylic acids is 1. The number of carboxylic acid groups (broad SMARTS) is 1. The number of benzene rings is 1. The lowest BCUT2D eigenvalue weighted by molar-refractivity contribution is -0.157. The van der Waals surface area contributed by atoms with Crippen LogP contribution in [0.25, 0.3) is 0 Å². The summed E-state index contributed by atoms with van der Waals surface area (Å²) in [5.74, 6) is -2.89. The Labute approximate surface area is 115 Å². The highest BCUT2D eigenvalue weighted by atomic mass is 16.6. The summed E-state index contributed by atoms with van der Waals surface area (Å²) in [4.78, 5) is 33.2. The van der Waals surface area contributed by atoms with Gasteiger partial charge >= 0.3 is 11.9 Å². The van der Waals surface area contributed by atoms with Gasteiger partial charge in [0.05, 0.1) is 0 Å². The smallest absolute Gasteiger partial charge is 0.341 e. The highest BCUT2D eigenvalue weighted by Crippen LogP contribution is 2.05. The van der Waals surface area contributed by atoms with Crippen LogP contribution in [0.5, 0.6) is 0 Å². The van der Waals surface area contributed by atoms with Gasteiger partial charge in [0.1, 0.15) is 12.6 Å². The molecule has 1 aromatic carbocycles. The number of ether oxygens (including phenoxy) is 1. The maximum atomic E-state index is 11.7. The van der Waals surface area contributed by atoms with Gasteiger partial charge in [-0.15, -0.1) is 0 Å². The van der Waals surface area contributed by atoms with Crippen molar-refractivity contribution in [2.45, 2.75) is 12.5 Å². The lowest BCUT2D eigenvalue weighted by Gasteiger charge is -2.16. The molecule has 0 bridgehead atoms. The number of carbonyl (C=O) groups is 3. The quantitative estimate of drug-likeness (QED) is 0.571. The molecule has 7 nitrogen and oxygen atoms in total. The Hall–Kier alpha value is -2.41. The van der Waals surface area contributed by atoms with Crippen LogP contribution in [0.2, 0.25) is 0 Å². The molecule has 0 unspecified atom stereocenters. The SMILES string of the molecule is O=C(O)COC(=O)[C@H](Cc1ccccc1)NC(=O)CO. The number of carbonyl (C=O) groups excluding carboxylic acids is 2. The summed E-state index contributed by atoms with van der Waals surface area (Å²) in [6.07, 6.45) is 0.144. The van der Waals surface area contributed by atoms with Crippen LogP contribution < -0.4 is 5.32 Å². The summed E-state index contributed by atoms with van der Waals surface area (Å²) in [5.41, 5.74) is 0.767. The third-order valence-corrected chi connectivity index (χ3v) is 2.38. The second-order valence-corrected chi connectivity index (χ2v) is 3.97. The molecule has 20 heavy (non-hydrogen) atoms. The van der Waals surface area contributed by atoms with Crippen LogP contribution >= 0.6 is 0 Å². The number of aliphatic hydroxyl groups excluding tert-OH is 1. The summed E-state index contributed by atoms with van der Waals surface area (Å²) in [6, 6.07) is 7.79. The van der Waals surface area contributed by atoms with Crippen molar-refractivity contribution in [3.63, 3.8) is 0 Å². The van der Waals surface area contributed by atoms with Crippen molar-refractivity contribution in [3.05, 3.63) is 35.9 Å². The molecule has 1 rings (SSSR count). The average molecular weight is 281 g/mol. The van der Waals surface area contributed by atoms with Gasteiger partial charge in [0.2, 0.25) is 5.91 Å². The molecule has 0 heterocycles. The molecule has 0 aliphatic rings. The van der Waals surface area contributed by atoms with E-state index in [2.05, 4.69) is 10.1 Å². The van der Waals surface area contributed by atoms with Gasteiger partial charge in [-0.05, 0) is 5.56 Å². The monoisotopic (exact) mass is 281 g/mol. The fourth-order valence-corrected chi connectivity index (χ4v) is 1.52. The highest BCUT2D eigenvalue weighted by molar-refractivity contribution is 5.86. The molecule has 3 N–H and O–H groups in total. The first-order valence-electron chi connectivity index (χ1n) is 5.85. The van der Waals surface area contributed by atoms with E-state index in [-0.39, 0.29) is 6.42 Å². The molecule has 7 heteroatoms. The largest absolute Gasteiger partial charge is 0.479 e. The van der Waals surface area contributed by atoms with Crippen LogP contribution in [0, 0.1) is 0 Å². The number of esters is 1. The number of nitrogens with one attached hydrogen (secondary N) is 1. The number of hydrogen-bond acceptors (Lipinski definition) is 5. The number of rotatable bonds is 7. The molecule has 0 radical (unpaired) electrons. The number of aliphatic carboxylic acids is 1. The van der Waals surface area contributed by atoms with Crippen molar-refractivity contribution in [1.29, 1.82) is 0 Å². The Kier molecular flexibility index (Phi) is 6.18. The zero-order valence-electron chi connectivity index (χ0n) is 10.6. The fourth-order valence-electron chi connectivity index (χ4n) is 1.52. The minimum Gasteiger partial charge on any atom is -0.479 e. The van der Waals surface area contributed by atoms with Crippen LogP contribution in [0.3, 0.4) is 0 Å². The average Bonchev–Trinajstić information content (AvgIpc) is 2.44. The molecule has 0 spiro atoms. The van der Waals surface area contributed by atoms with E-state index >= 15 is 0 Å². The number of amides is 1. The Morgan fingerprint density at radius 3 is 2.40 bits per heavy atom. The topological polar surface area (TPSA) is 113 Å². The van der Waals surface area contributed by atoms with E-state index < -0.39 is 37.1 Å². The van der Waals surface area contributed by atoms with E-state index in [4.69, 9.17) is 10.2 Å². The van der Waals surface area contributed by atoms with Crippen LogP contribution in [-0.2, 0) is 25.5 Å². The van der Waals surface area contributed by atoms with Crippen molar-refractivity contribution in [3.8, 4) is 0 Å². The molecule has 1 aromatic rings. The Morgan fingerprint density at radius 2 is 1.85 bits per heavy atom. The minimum atomic E-state index is -1.29. The molecular formula is C13H15NO6. The van der Waals surface area contributed by atoms with Gasteiger partial charge < -0.3 is 20.3 Å². The van der Waals surface area contributed by atoms with E-state index in [1.807, 2.05) is 0 Å². The van der Waals surface area contributed by atoms with Gasteiger partial charge in [0.15, 0.2) is 6.61 Å². The van der Waals surface area contributed by atoms with E-state index in [0.29, 0.717) is 0 Å². The summed E-state index contributed by atoms with van der Waals surface area (Å²) in [6.45, 7) is -1.55. The Bertz CT molecular complexity index is 473. The lowest BCUT2D eigenvalue weighted by Crippen LogP contribution is -2.44. The third kappa shape index (κ3) is 5.49. The minimum absolute atomic E-state index is 0.144. The maximum Gasteiger partial charge on any atom is 0.341 e. The molecule has 0 saturated heterocycles. The molecule has 0 aliphatic carbocycles. The van der Waals surface area contributed by atoms with Gasteiger partial charge in [-0.25, -0.2) is 9.59 Å². The number of hydrogen-bond donors (Lipinski definition) is 3. The van der Waals surface area contributed by atoms with Crippen molar-refractivity contribution < 1.29 is 29.3 Å². The van der Waals surface area contributed by atoms with Gasteiger partial charge in [-0.1, -0.05) is 30.3 Å². The zero-order chi connectivity index (χ0) is 15.0. The predicted molar refractivity (Wildman–Crippen MR) is 67.8 cm³/mol. The predicted octanol–water partition coefficient (Wildman–Crippen LogP) is -0.666. The van der Waals surface area contributed by atoms with Gasteiger partial charge in [0, 0.05) is 6.42 Å². The normalized spacial score (nSPS) is 11.4. The van der Waals surface area contributed by atoms with Gasteiger partial charge in [-0.3, -0.25) is 4.79 Å². The van der Waals surface area contributed by atoms with Crippen LogP contribution in [-0.4, -0.2) is 47.3 Å². The van der Waals surface area contributed by atoms with Crippen molar-refractivity contribution in [2.75, 3.05) is 13.2 Å². The van der Waals surface area contributed by atoms with Crippen LogP contribution in [0.1, 0.15) is 5.56 Å². The van der Waals surface area contributed by atoms with Gasteiger partial charge in [0.25, 0.3) is 0 Å². The van der Waals surface area contributed by atoms with E-state index in [1.165, 1.54) is 0 Å². The van der Waals surface area contributed by atoms with Crippen LogP contribution in [0.15, 0.2) is 30.3 Å². The zero-order valence-corrected chi connectivity index (χ0v) is 10.6. The second kappa shape index (κ2) is 7.90. The van der Waals surface area contributed by atoms with Gasteiger partial charge in [-0.2, -0.15) is 0 Å². The third-order valence-electron chi connectivity index (χ3n) is 2.38. The van der Waals surface area contributed by atoms with Crippen molar-refractivity contribution >= 4 is 17.8 Å². The van der Waals surface area contributed by atoms with Crippen LogP contribution in [0.4, 0.5) is 0 Å². The second-order valence-electron chi connectivity index (χ2n) is 3.97. The lowest BCUT2D eigenvalue weighted by atomic mass is 10.1. The van der Waals surface area contributed by atoms with Crippen molar-refractivity contribution in [2.24, 2.45) is 0 Å². The molecule has 108 valence electrons. The molecule has 0 aliphatic heterocycles. The Morgan fingerprint density at radius 1 is 1.20 bits per heavy atom. The molecule has 0 aromatic heterocycles. The molecule has 1 amide bonds. The maximum absolute atomic E-state index is 11.7. The molecule has 1 atom stereocenters. The molecular weight excluding hydrogens is 266 g/mol. The molecule has 0 saturated carbocycles. The van der Waals surface area contributed by atoms with E-state index in [1.54, 1.807) is 30.3 Å². The summed E-state index contributed by atoms with van der Waals surface area (Å²) < 4.78 is 4.55. The van der Waals surface area contributed by atoms with E-state index in [0.717, 1.165) is 5.56 Å². The van der Waals surface area contributed by atoms with Crippen molar-refractivity contribution in [1.82, 2.24) is 5.32 Å². The number of aliphatic hydroxyl groups is 1. The molecule has 0 fully saturated rings. The first-order chi connectivity index (χ1) is 9.52. The fraction of sp³-hybridized carbons (Fsp3) is 0.308. The highest BCUT2D eigenvalue weighted by Gasteiger charge is 2.23. The summed E-state index contributed by atoms with van der Waals surface area (Å²) in [5, 5.41) is 19.4. The first-order valence-corrected chi connectivity index (χ1v) is 5.85. The summed E-state index contributed by atoms with van der Waals surface area (Å²) in [7, 11) is 0. The first kappa shape index (κ1) is 15.6.